The van der Waals surface area contributed by atoms with E-state index in [4.69, 9.17) is 16.3 Å². The fraction of sp³-hybridized carbons (Fsp3) is 0.412. The second kappa shape index (κ2) is 6.97. The Hall–Kier alpha value is -1.81. The van der Waals surface area contributed by atoms with Crippen LogP contribution in [0.5, 0.6) is 0 Å². The third kappa shape index (κ3) is 3.50. The minimum atomic E-state index is -0.326. The van der Waals surface area contributed by atoms with Gasteiger partial charge in [-0.1, -0.05) is 36.9 Å². The minimum Gasteiger partial charge on any atom is -0.462 e. The van der Waals surface area contributed by atoms with Crippen molar-refractivity contribution in [3.05, 3.63) is 41.3 Å². The van der Waals surface area contributed by atoms with Gasteiger partial charge in [-0.3, -0.25) is 4.40 Å². The molecule has 4 nitrogen and oxygen atoms in total. The Balaban J connectivity index is 1.62. The Morgan fingerprint density at radius 3 is 3.00 bits per heavy atom. The Morgan fingerprint density at radius 2 is 2.18 bits per heavy atom. The van der Waals surface area contributed by atoms with Gasteiger partial charge in [-0.05, 0) is 37.0 Å². The van der Waals surface area contributed by atoms with E-state index >= 15 is 0 Å². The van der Waals surface area contributed by atoms with E-state index in [1.54, 1.807) is 6.08 Å². The number of hydrogen-bond donors (Lipinski definition) is 0. The van der Waals surface area contributed by atoms with Crippen molar-refractivity contribution in [1.82, 2.24) is 9.38 Å². The molecule has 0 N–H and O–H groups in total. The van der Waals surface area contributed by atoms with Crippen LogP contribution in [0.15, 0.2) is 30.5 Å². The molecule has 0 saturated heterocycles. The van der Waals surface area contributed by atoms with E-state index in [0.29, 0.717) is 23.4 Å². The summed E-state index contributed by atoms with van der Waals surface area (Å²) in [5.74, 6) is 0.193. The number of ether oxygens (including phenoxy) is 1. The lowest BCUT2D eigenvalue weighted by Crippen LogP contribution is -2.15. The molecular weight excluding hydrogens is 300 g/mol. The predicted octanol–water partition coefficient (Wildman–Crippen LogP) is 4.12. The molecule has 5 heteroatoms. The van der Waals surface area contributed by atoms with E-state index < -0.39 is 0 Å². The van der Waals surface area contributed by atoms with E-state index in [1.807, 2.05) is 28.8 Å². The molecule has 0 aromatic carbocycles. The normalized spacial score (nSPS) is 16.4. The van der Waals surface area contributed by atoms with Gasteiger partial charge in [0.2, 0.25) is 0 Å². The molecule has 3 rings (SSSR count). The van der Waals surface area contributed by atoms with Gasteiger partial charge in [0.1, 0.15) is 5.65 Å². The first-order chi connectivity index (χ1) is 10.7. The molecule has 0 unspecified atom stereocenters. The molecule has 0 bridgehead atoms. The average molecular weight is 319 g/mol. The molecule has 2 aromatic heterocycles. The summed E-state index contributed by atoms with van der Waals surface area (Å²) in [4.78, 5) is 16.1. The summed E-state index contributed by atoms with van der Waals surface area (Å²) < 4.78 is 7.17. The van der Waals surface area contributed by atoms with Gasteiger partial charge in [0.15, 0.2) is 5.15 Å². The number of carbonyl (C=O) groups is 1. The minimum absolute atomic E-state index is 0.326. The number of halogens is 1. The topological polar surface area (TPSA) is 43.6 Å². The van der Waals surface area contributed by atoms with E-state index in [1.165, 1.54) is 25.3 Å². The van der Waals surface area contributed by atoms with Crippen LogP contribution in [0.3, 0.4) is 0 Å². The number of fused-ring (bicyclic) bond motifs is 1. The summed E-state index contributed by atoms with van der Waals surface area (Å²) in [5.41, 5.74) is 1.44. The fourth-order valence-electron chi connectivity index (χ4n) is 2.88. The Labute approximate surface area is 134 Å². The first kappa shape index (κ1) is 15.1. The zero-order valence-corrected chi connectivity index (χ0v) is 13.1. The van der Waals surface area contributed by atoms with Crippen molar-refractivity contribution in [2.24, 2.45) is 5.92 Å². The van der Waals surface area contributed by atoms with Crippen LogP contribution in [0.1, 0.15) is 37.8 Å². The molecule has 22 heavy (non-hydrogen) atoms. The average Bonchev–Trinajstić information content (AvgIpc) is 2.87. The molecule has 1 aliphatic rings. The molecule has 1 fully saturated rings. The van der Waals surface area contributed by atoms with Crippen LogP contribution in [0.4, 0.5) is 0 Å². The Morgan fingerprint density at radius 1 is 1.36 bits per heavy atom. The summed E-state index contributed by atoms with van der Waals surface area (Å²) in [6.45, 7) is 0.518. The number of nitrogens with zero attached hydrogens (tertiary/aromatic N) is 2. The van der Waals surface area contributed by atoms with E-state index in [9.17, 15) is 4.79 Å². The van der Waals surface area contributed by atoms with Gasteiger partial charge >= 0.3 is 5.97 Å². The highest BCUT2D eigenvalue weighted by Crippen LogP contribution is 2.24. The number of pyridine rings is 1. The molecule has 116 valence electrons. The van der Waals surface area contributed by atoms with Crippen molar-refractivity contribution in [3.8, 4) is 0 Å². The third-order valence-electron chi connectivity index (χ3n) is 4.09. The Bertz CT molecular complexity index is 687. The summed E-state index contributed by atoms with van der Waals surface area (Å²) in [6.07, 6.45) is 11.1. The third-order valence-corrected chi connectivity index (χ3v) is 4.36. The fourth-order valence-corrected chi connectivity index (χ4v) is 3.12. The highest BCUT2D eigenvalue weighted by molar-refractivity contribution is 6.31. The van der Waals surface area contributed by atoms with Gasteiger partial charge in [-0.2, -0.15) is 0 Å². The molecule has 1 aliphatic carbocycles. The van der Waals surface area contributed by atoms with Gasteiger partial charge in [0.25, 0.3) is 0 Å². The SMILES string of the molecule is O=C(/C=C/c1c(Cl)nc2ccccn12)OCC1CCCCC1. The van der Waals surface area contributed by atoms with Crippen molar-refractivity contribution in [2.75, 3.05) is 6.61 Å². The molecule has 2 heterocycles. The first-order valence-corrected chi connectivity index (χ1v) is 8.09. The van der Waals surface area contributed by atoms with Crippen LogP contribution in [0.2, 0.25) is 5.15 Å². The smallest absolute Gasteiger partial charge is 0.330 e. The van der Waals surface area contributed by atoms with Crippen molar-refractivity contribution in [1.29, 1.82) is 0 Å². The number of rotatable bonds is 4. The van der Waals surface area contributed by atoms with Crippen LogP contribution < -0.4 is 0 Å². The summed E-state index contributed by atoms with van der Waals surface area (Å²) in [6, 6.07) is 5.65. The van der Waals surface area contributed by atoms with Crippen molar-refractivity contribution in [3.63, 3.8) is 0 Å². The maximum Gasteiger partial charge on any atom is 0.330 e. The molecule has 0 atom stereocenters. The zero-order chi connectivity index (χ0) is 15.4. The van der Waals surface area contributed by atoms with Gasteiger partial charge < -0.3 is 4.74 Å². The molecule has 0 amide bonds. The van der Waals surface area contributed by atoms with Gasteiger partial charge in [0.05, 0.1) is 12.3 Å². The van der Waals surface area contributed by atoms with Crippen LogP contribution in [-0.4, -0.2) is 22.0 Å². The number of hydrogen-bond acceptors (Lipinski definition) is 3. The quantitative estimate of drug-likeness (QED) is 0.629. The van der Waals surface area contributed by atoms with Gasteiger partial charge in [-0.25, -0.2) is 9.78 Å². The molecular formula is C17H19ClN2O2. The lowest BCUT2D eigenvalue weighted by Gasteiger charge is -2.20. The van der Waals surface area contributed by atoms with Crippen molar-refractivity contribution < 1.29 is 9.53 Å². The summed E-state index contributed by atoms with van der Waals surface area (Å²) in [7, 11) is 0. The van der Waals surface area contributed by atoms with Crippen LogP contribution in [-0.2, 0) is 9.53 Å². The highest BCUT2D eigenvalue weighted by atomic mass is 35.5. The number of imidazole rings is 1. The lowest BCUT2D eigenvalue weighted by atomic mass is 9.90. The first-order valence-electron chi connectivity index (χ1n) is 7.71. The van der Waals surface area contributed by atoms with Crippen molar-refractivity contribution in [2.45, 2.75) is 32.1 Å². The highest BCUT2D eigenvalue weighted by Gasteiger charge is 2.15. The predicted molar refractivity (Wildman–Crippen MR) is 86.8 cm³/mol. The molecule has 2 aromatic rings. The number of carbonyl (C=O) groups excluding carboxylic acids is 1. The summed E-state index contributed by atoms with van der Waals surface area (Å²) in [5, 5.41) is 0.377. The second-order valence-electron chi connectivity index (χ2n) is 5.68. The van der Waals surface area contributed by atoms with Crippen LogP contribution >= 0.6 is 11.6 Å². The summed E-state index contributed by atoms with van der Waals surface area (Å²) >= 11 is 6.11. The van der Waals surface area contributed by atoms with Gasteiger partial charge in [0, 0.05) is 12.3 Å². The van der Waals surface area contributed by atoms with E-state index in [0.717, 1.165) is 18.5 Å². The van der Waals surface area contributed by atoms with Gasteiger partial charge in [-0.15, -0.1) is 0 Å². The molecule has 0 spiro atoms. The standard InChI is InChI=1S/C17H19ClN2O2/c18-17-14(20-11-5-4-8-15(20)19-17)9-10-16(21)22-12-13-6-2-1-3-7-13/h4-5,8-11,13H,1-3,6-7,12H2/b10-9+. The maximum atomic E-state index is 11.8. The largest absolute Gasteiger partial charge is 0.462 e. The van der Waals surface area contributed by atoms with Crippen LogP contribution in [0.25, 0.3) is 11.7 Å². The molecule has 0 radical (unpaired) electrons. The maximum absolute atomic E-state index is 11.8. The second-order valence-corrected chi connectivity index (χ2v) is 6.04. The zero-order valence-electron chi connectivity index (χ0n) is 12.4. The number of aromatic nitrogens is 2. The molecule has 1 saturated carbocycles. The molecule has 0 aliphatic heterocycles. The lowest BCUT2D eigenvalue weighted by molar-refractivity contribution is -0.139. The van der Waals surface area contributed by atoms with Crippen LogP contribution in [0, 0.1) is 5.92 Å². The van der Waals surface area contributed by atoms with E-state index in [2.05, 4.69) is 4.98 Å². The monoisotopic (exact) mass is 318 g/mol. The number of esters is 1. The van der Waals surface area contributed by atoms with E-state index in [-0.39, 0.29) is 5.97 Å². The van der Waals surface area contributed by atoms with Crippen molar-refractivity contribution >= 4 is 29.3 Å². The Kier molecular flexibility index (Phi) is 4.78.